The van der Waals surface area contributed by atoms with Crippen LogP contribution in [0, 0.1) is 6.92 Å². The second-order valence-corrected chi connectivity index (χ2v) is 3.85. The molecule has 1 heterocycles. The van der Waals surface area contributed by atoms with Gasteiger partial charge in [-0.2, -0.15) is 0 Å². The second-order valence-electron chi connectivity index (χ2n) is 3.85. The maximum absolute atomic E-state index is 12.1. The monoisotopic (exact) mass is 262 g/mol. The minimum Gasteiger partial charge on any atom is -0.497 e. The Balaban J connectivity index is 2.26. The summed E-state index contributed by atoms with van der Waals surface area (Å²) in [6.45, 7) is 1.77. The average molecular weight is 262 g/mol. The number of aromatic nitrogens is 1. The Morgan fingerprint density at radius 2 is 2.05 bits per heavy atom. The van der Waals surface area contributed by atoms with E-state index in [4.69, 9.17) is 14.0 Å². The Morgan fingerprint density at radius 3 is 2.63 bits per heavy atom. The van der Waals surface area contributed by atoms with E-state index >= 15 is 0 Å². The molecule has 1 aromatic heterocycles. The molecule has 100 valence electrons. The number of nitrogens with one attached hydrogen (secondary N) is 1. The van der Waals surface area contributed by atoms with Crippen LogP contribution in [0.2, 0.25) is 0 Å². The van der Waals surface area contributed by atoms with Crippen molar-refractivity contribution < 1.29 is 18.8 Å². The summed E-state index contributed by atoms with van der Waals surface area (Å²) >= 11 is 0. The van der Waals surface area contributed by atoms with Crippen molar-refractivity contribution in [2.45, 2.75) is 6.92 Å². The molecule has 1 amide bonds. The van der Waals surface area contributed by atoms with Crippen LogP contribution >= 0.6 is 0 Å². The molecule has 0 fully saturated rings. The van der Waals surface area contributed by atoms with E-state index in [0.717, 1.165) is 0 Å². The number of anilines is 1. The van der Waals surface area contributed by atoms with E-state index in [2.05, 4.69) is 10.5 Å². The van der Waals surface area contributed by atoms with Crippen LogP contribution in [-0.4, -0.2) is 25.3 Å². The van der Waals surface area contributed by atoms with Gasteiger partial charge in [0.05, 0.1) is 25.5 Å². The van der Waals surface area contributed by atoms with Crippen molar-refractivity contribution in [1.29, 1.82) is 0 Å². The number of benzene rings is 1. The smallest absolute Gasteiger partial charge is 0.261 e. The predicted molar refractivity (Wildman–Crippen MR) is 68.7 cm³/mol. The zero-order valence-electron chi connectivity index (χ0n) is 10.9. The van der Waals surface area contributed by atoms with Gasteiger partial charge in [-0.25, -0.2) is 0 Å². The fraction of sp³-hybridized carbons (Fsp3) is 0.231. The van der Waals surface area contributed by atoms with Crippen molar-refractivity contribution in [1.82, 2.24) is 5.16 Å². The predicted octanol–water partition coefficient (Wildman–Crippen LogP) is 2.25. The highest BCUT2D eigenvalue weighted by molar-refractivity contribution is 6.05. The van der Waals surface area contributed by atoms with Crippen LogP contribution < -0.4 is 14.8 Å². The van der Waals surface area contributed by atoms with Crippen LogP contribution in [0.1, 0.15) is 16.1 Å². The third-order valence-corrected chi connectivity index (χ3v) is 2.52. The Hall–Kier alpha value is -2.50. The summed E-state index contributed by atoms with van der Waals surface area (Å²) in [5.74, 6) is 0.952. The summed E-state index contributed by atoms with van der Waals surface area (Å²) in [7, 11) is 3.03. The number of methoxy groups -OCH3 is 2. The molecular formula is C13H14N2O4. The van der Waals surface area contributed by atoms with E-state index in [-0.39, 0.29) is 11.8 Å². The molecule has 19 heavy (non-hydrogen) atoms. The maximum Gasteiger partial charge on any atom is 0.261 e. The van der Waals surface area contributed by atoms with E-state index in [1.165, 1.54) is 14.2 Å². The number of nitrogens with zero attached hydrogens (tertiary/aromatic N) is 1. The van der Waals surface area contributed by atoms with Crippen LogP contribution in [-0.2, 0) is 0 Å². The first-order valence-electron chi connectivity index (χ1n) is 5.60. The number of carbonyl (C=O) groups excluding carboxylic acids is 1. The molecule has 0 atom stereocenters. The standard InChI is InChI=1S/C13H14N2O4/c1-8-6-12(19-15-8)14-13(16)10-7-9(17-2)4-5-11(10)18-3/h4-7H,1-3H3,(H,14,16). The first kappa shape index (κ1) is 12.9. The molecule has 0 unspecified atom stereocenters. The van der Waals surface area contributed by atoms with Crippen LogP contribution in [0.15, 0.2) is 28.8 Å². The molecule has 6 nitrogen and oxygen atoms in total. The topological polar surface area (TPSA) is 73.6 Å². The second kappa shape index (κ2) is 5.43. The van der Waals surface area contributed by atoms with Crippen molar-refractivity contribution in [3.63, 3.8) is 0 Å². The quantitative estimate of drug-likeness (QED) is 0.914. The molecule has 0 bridgehead atoms. The SMILES string of the molecule is COc1ccc(OC)c(C(=O)Nc2cc(C)no2)c1. The van der Waals surface area contributed by atoms with Gasteiger partial charge < -0.3 is 14.0 Å². The van der Waals surface area contributed by atoms with Gasteiger partial charge in [0.2, 0.25) is 5.88 Å². The Bertz CT molecular complexity index is 592. The summed E-state index contributed by atoms with van der Waals surface area (Å²) in [4.78, 5) is 12.1. The summed E-state index contributed by atoms with van der Waals surface area (Å²) in [6, 6.07) is 6.61. The first-order valence-corrected chi connectivity index (χ1v) is 5.60. The van der Waals surface area contributed by atoms with Crippen molar-refractivity contribution in [2.24, 2.45) is 0 Å². The van der Waals surface area contributed by atoms with E-state index < -0.39 is 0 Å². The van der Waals surface area contributed by atoms with Crippen LogP contribution in [0.5, 0.6) is 11.5 Å². The van der Waals surface area contributed by atoms with Crippen molar-refractivity contribution in [2.75, 3.05) is 19.5 Å². The van der Waals surface area contributed by atoms with Crippen molar-refractivity contribution >= 4 is 11.8 Å². The number of rotatable bonds is 4. The number of amides is 1. The number of hydrogen-bond acceptors (Lipinski definition) is 5. The number of aryl methyl sites for hydroxylation is 1. The lowest BCUT2D eigenvalue weighted by atomic mass is 10.1. The van der Waals surface area contributed by atoms with Gasteiger partial charge in [-0.3, -0.25) is 10.1 Å². The van der Waals surface area contributed by atoms with E-state index in [9.17, 15) is 4.79 Å². The molecule has 6 heteroatoms. The van der Waals surface area contributed by atoms with Gasteiger partial charge in [0.25, 0.3) is 5.91 Å². The summed E-state index contributed by atoms with van der Waals surface area (Å²) < 4.78 is 15.2. The van der Waals surface area contributed by atoms with Gasteiger partial charge in [-0.1, -0.05) is 5.16 Å². The lowest BCUT2D eigenvalue weighted by molar-refractivity contribution is 0.102. The van der Waals surface area contributed by atoms with E-state index in [0.29, 0.717) is 22.8 Å². The fourth-order valence-corrected chi connectivity index (χ4v) is 1.59. The molecular weight excluding hydrogens is 248 g/mol. The van der Waals surface area contributed by atoms with Crippen molar-refractivity contribution in [3.05, 3.63) is 35.5 Å². The lowest BCUT2D eigenvalue weighted by Crippen LogP contribution is -2.12. The molecule has 0 saturated carbocycles. The highest BCUT2D eigenvalue weighted by atomic mass is 16.5. The van der Waals surface area contributed by atoms with Crippen LogP contribution in [0.4, 0.5) is 5.88 Å². The largest absolute Gasteiger partial charge is 0.497 e. The van der Waals surface area contributed by atoms with Crippen LogP contribution in [0.25, 0.3) is 0 Å². The third kappa shape index (κ3) is 2.85. The highest BCUT2D eigenvalue weighted by Crippen LogP contribution is 2.25. The van der Waals surface area contributed by atoms with Gasteiger partial charge in [-0.05, 0) is 25.1 Å². The molecule has 0 spiro atoms. The first-order chi connectivity index (χ1) is 9.13. The number of hydrogen-bond donors (Lipinski definition) is 1. The van der Waals surface area contributed by atoms with Gasteiger partial charge in [0, 0.05) is 6.07 Å². The molecule has 0 aliphatic carbocycles. The zero-order chi connectivity index (χ0) is 13.8. The summed E-state index contributed by atoms with van der Waals surface area (Å²) in [5, 5.41) is 6.30. The van der Waals surface area contributed by atoms with Crippen molar-refractivity contribution in [3.8, 4) is 11.5 Å². The Morgan fingerprint density at radius 1 is 1.26 bits per heavy atom. The molecule has 2 aromatic rings. The number of carbonyl (C=O) groups is 1. The lowest BCUT2D eigenvalue weighted by Gasteiger charge is -2.09. The minimum atomic E-state index is -0.355. The van der Waals surface area contributed by atoms with Gasteiger partial charge >= 0.3 is 0 Å². The molecule has 1 N–H and O–H groups in total. The van der Waals surface area contributed by atoms with Gasteiger partial charge in [-0.15, -0.1) is 0 Å². The van der Waals surface area contributed by atoms with Crippen LogP contribution in [0.3, 0.4) is 0 Å². The zero-order valence-corrected chi connectivity index (χ0v) is 10.9. The number of ether oxygens (including phenoxy) is 2. The molecule has 1 aromatic carbocycles. The maximum atomic E-state index is 12.1. The minimum absolute atomic E-state index is 0.285. The van der Waals surface area contributed by atoms with Gasteiger partial charge in [0.15, 0.2) is 0 Å². The Kier molecular flexibility index (Phi) is 3.70. The average Bonchev–Trinajstić information content (AvgIpc) is 2.83. The molecule has 0 saturated heterocycles. The highest BCUT2D eigenvalue weighted by Gasteiger charge is 2.15. The summed E-state index contributed by atoms with van der Waals surface area (Å²) in [5.41, 5.74) is 1.05. The molecule has 0 aliphatic rings. The van der Waals surface area contributed by atoms with E-state index in [1.54, 1.807) is 31.2 Å². The third-order valence-electron chi connectivity index (χ3n) is 2.52. The molecule has 0 radical (unpaired) electrons. The molecule has 2 rings (SSSR count). The van der Waals surface area contributed by atoms with E-state index in [1.807, 2.05) is 0 Å². The fourth-order valence-electron chi connectivity index (χ4n) is 1.59. The molecule has 0 aliphatic heterocycles. The summed E-state index contributed by atoms with van der Waals surface area (Å²) in [6.07, 6.45) is 0. The van der Waals surface area contributed by atoms with Gasteiger partial charge in [0.1, 0.15) is 11.5 Å². The Labute approximate surface area is 110 Å². The normalized spacial score (nSPS) is 10.1.